The molecule has 0 spiro atoms. The van der Waals surface area contributed by atoms with Crippen molar-refractivity contribution < 1.29 is 9.53 Å². The molecular formula is C19H26N4O2. The van der Waals surface area contributed by atoms with Crippen LogP contribution in [0.25, 0.3) is 5.95 Å². The fourth-order valence-corrected chi connectivity index (χ4v) is 3.44. The molecule has 0 aromatic carbocycles. The molecule has 1 aliphatic heterocycles. The average molecular weight is 342 g/mol. The van der Waals surface area contributed by atoms with Gasteiger partial charge < -0.3 is 4.74 Å². The number of esters is 1. The minimum Gasteiger partial charge on any atom is -0.466 e. The summed E-state index contributed by atoms with van der Waals surface area (Å²) in [7, 11) is 0. The zero-order valence-corrected chi connectivity index (χ0v) is 15.2. The van der Waals surface area contributed by atoms with Crippen molar-refractivity contribution in [1.29, 1.82) is 0 Å². The second kappa shape index (κ2) is 7.78. The lowest BCUT2D eigenvalue weighted by molar-refractivity contribution is -0.150. The van der Waals surface area contributed by atoms with Gasteiger partial charge in [0.05, 0.1) is 12.5 Å². The van der Waals surface area contributed by atoms with Crippen molar-refractivity contribution in [3.8, 4) is 5.95 Å². The zero-order valence-electron chi connectivity index (χ0n) is 15.2. The van der Waals surface area contributed by atoms with E-state index in [0.29, 0.717) is 12.6 Å². The van der Waals surface area contributed by atoms with E-state index in [1.54, 1.807) is 0 Å². The topological polar surface area (TPSA) is 60.2 Å². The lowest BCUT2D eigenvalue weighted by Crippen LogP contribution is -2.39. The molecule has 25 heavy (non-hydrogen) atoms. The van der Waals surface area contributed by atoms with Crippen LogP contribution < -0.4 is 0 Å². The van der Waals surface area contributed by atoms with Gasteiger partial charge in [-0.15, -0.1) is 0 Å². The quantitative estimate of drug-likeness (QED) is 0.782. The molecule has 6 heteroatoms. The monoisotopic (exact) mass is 342 g/mol. The number of carbonyl (C=O) groups is 1. The lowest BCUT2D eigenvalue weighted by atomic mass is 9.98. The molecule has 0 aliphatic carbocycles. The smallest absolute Gasteiger partial charge is 0.310 e. The number of aryl methyl sites for hydroxylation is 2. The number of rotatable bonds is 5. The normalized spacial score (nSPS) is 18.3. The van der Waals surface area contributed by atoms with Gasteiger partial charge in [0.1, 0.15) is 0 Å². The number of ether oxygens (including phenoxy) is 1. The van der Waals surface area contributed by atoms with Crippen LogP contribution in [0.2, 0.25) is 0 Å². The van der Waals surface area contributed by atoms with Gasteiger partial charge in [0.15, 0.2) is 0 Å². The molecule has 3 rings (SSSR count). The maximum Gasteiger partial charge on any atom is 0.310 e. The summed E-state index contributed by atoms with van der Waals surface area (Å²) in [4.78, 5) is 23.5. The zero-order chi connectivity index (χ0) is 17.8. The molecule has 0 amide bonds. The van der Waals surface area contributed by atoms with Crippen LogP contribution in [0.5, 0.6) is 0 Å². The Hall–Kier alpha value is -2.21. The highest BCUT2D eigenvalue weighted by molar-refractivity contribution is 5.72. The minimum absolute atomic E-state index is 0.0189. The molecule has 1 saturated heterocycles. The predicted octanol–water partition coefficient (Wildman–Crippen LogP) is 2.66. The van der Waals surface area contributed by atoms with Crippen molar-refractivity contribution in [2.24, 2.45) is 5.92 Å². The van der Waals surface area contributed by atoms with Crippen molar-refractivity contribution in [3.63, 3.8) is 0 Å². The Morgan fingerprint density at radius 3 is 2.80 bits per heavy atom. The Bertz CT molecular complexity index is 721. The highest BCUT2D eigenvalue weighted by Gasteiger charge is 2.27. The Balaban J connectivity index is 1.74. The summed E-state index contributed by atoms with van der Waals surface area (Å²) in [6.07, 6.45) is 3.93. The third kappa shape index (κ3) is 4.25. The number of nitrogens with zero attached hydrogens (tertiary/aromatic N) is 4. The van der Waals surface area contributed by atoms with E-state index in [2.05, 4.69) is 20.9 Å². The van der Waals surface area contributed by atoms with Crippen LogP contribution >= 0.6 is 0 Å². The van der Waals surface area contributed by atoms with Crippen LogP contribution in [0.4, 0.5) is 0 Å². The molecule has 3 heterocycles. The molecule has 1 aliphatic rings. The predicted molar refractivity (Wildman–Crippen MR) is 95.5 cm³/mol. The molecule has 6 nitrogen and oxygen atoms in total. The first-order valence-electron chi connectivity index (χ1n) is 8.94. The first kappa shape index (κ1) is 17.6. The van der Waals surface area contributed by atoms with Gasteiger partial charge >= 0.3 is 5.97 Å². The maximum atomic E-state index is 12.0. The van der Waals surface area contributed by atoms with Gasteiger partial charge in [0.2, 0.25) is 5.95 Å². The molecule has 0 radical (unpaired) electrons. The summed E-state index contributed by atoms with van der Waals surface area (Å²) >= 11 is 0. The number of likely N-dealkylation sites (tertiary alicyclic amines) is 1. The van der Waals surface area contributed by atoms with Crippen LogP contribution in [-0.4, -0.2) is 45.1 Å². The minimum atomic E-state index is -0.0692. The fourth-order valence-electron chi connectivity index (χ4n) is 3.44. The molecule has 1 atom stereocenters. The maximum absolute atomic E-state index is 12.0. The Morgan fingerprint density at radius 1 is 1.32 bits per heavy atom. The molecule has 1 fully saturated rings. The van der Waals surface area contributed by atoms with E-state index >= 15 is 0 Å². The van der Waals surface area contributed by atoms with Crippen LogP contribution in [0, 0.1) is 19.8 Å². The summed E-state index contributed by atoms with van der Waals surface area (Å²) in [5, 5.41) is 0. The number of hydrogen-bond donors (Lipinski definition) is 0. The standard InChI is InChI=1S/C19H26N4O2/c1-4-25-18(24)16-7-5-9-22(12-16)13-17-8-6-10-23(17)19-20-14(2)11-15(3)21-19/h6,8,10-11,16H,4-5,7,9,12-13H2,1-3H3. The highest BCUT2D eigenvalue weighted by Crippen LogP contribution is 2.21. The Labute approximate surface area is 148 Å². The molecule has 134 valence electrons. The van der Waals surface area contributed by atoms with Gasteiger partial charge in [-0.3, -0.25) is 14.3 Å². The van der Waals surface area contributed by atoms with Gasteiger partial charge in [-0.1, -0.05) is 0 Å². The van der Waals surface area contributed by atoms with E-state index < -0.39 is 0 Å². The van der Waals surface area contributed by atoms with Crippen LogP contribution in [0.1, 0.15) is 36.8 Å². The Kier molecular flexibility index (Phi) is 5.48. The van der Waals surface area contributed by atoms with Gasteiger partial charge in [-0.25, -0.2) is 9.97 Å². The SMILES string of the molecule is CCOC(=O)C1CCCN(Cc2cccn2-c2nc(C)cc(C)n2)C1. The van der Waals surface area contributed by atoms with E-state index in [1.807, 2.05) is 43.7 Å². The van der Waals surface area contributed by atoms with Crippen molar-refractivity contribution in [2.75, 3.05) is 19.7 Å². The van der Waals surface area contributed by atoms with Crippen LogP contribution in [0.3, 0.4) is 0 Å². The summed E-state index contributed by atoms with van der Waals surface area (Å²) in [5.41, 5.74) is 3.06. The molecule has 0 N–H and O–H groups in total. The van der Waals surface area contributed by atoms with E-state index in [9.17, 15) is 4.79 Å². The van der Waals surface area contributed by atoms with Crippen molar-refractivity contribution in [1.82, 2.24) is 19.4 Å². The van der Waals surface area contributed by atoms with Crippen LogP contribution in [0.15, 0.2) is 24.4 Å². The highest BCUT2D eigenvalue weighted by atomic mass is 16.5. The van der Waals surface area contributed by atoms with E-state index in [1.165, 1.54) is 0 Å². The molecule has 0 saturated carbocycles. The number of carbonyl (C=O) groups excluding carboxylic acids is 1. The van der Waals surface area contributed by atoms with Crippen LogP contribution in [-0.2, 0) is 16.1 Å². The second-order valence-corrected chi connectivity index (χ2v) is 6.65. The first-order chi connectivity index (χ1) is 12.1. The fraction of sp³-hybridized carbons (Fsp3) is 0.526. The van der Waals surface area contributed by atoms with Crippen molar-refractivity contribution in [3.05, 3.63) is 41.5 Å². The van der Waals surface area contributed by atoms with Gasteiger partial charge in [-0.05, 0) is 58.4 Å². The van der Waals surface area contributed by atoms with E-state index in [4.69, 9.17) is 4.74 Å². The van der Waals surface area contributed by atoms with Gasteiger partial charge in [-0.2, -0.15) is 0 Å². The molecular weight excluding hydrogens is 316 g/mol. The summed E-state index contributed by atoms with van der Waals surface area (Å²) in [6.45, 7) is 8.79. The second-order valence-electron chi connectivity index (χ2n) is 6.65. The average Bonchev–Trinajstić information content (AvgIpc) is 3.02. The Morgan fingerprint density at radius 2 is 2.08 bits per heavy atom. The molecule has 2 aromatic rings. The molecule has 2 aromatic heterocycles. The number of piperidine rings is 1. The molecule has 1 unspecified atom stereocenters. The van der Waals surface area contributed by atoms with Gasteiger partial charge in [0, 0.05) is 36.4 Å². The van der Waals surface area contributed by atoms with Crippen molar-refractivity contribution >= 4 is 5.97 Å². The van der Waals surface area contributed by atoms with Gasteiger partial charge in [0.25, 0.3) is 0 Å². The first-order valence-corrected chi connectivity index (χ1v) is 8.94. The number of hydrogen-bond acceptors (Lipinski definition) is 5. The summed E-state index contributed by atoms with van der Waals surface area (Å²) in [5.74, 6) is 0.617. The molecule has 0 bridgehead atoms. The lowest BCUT2D eigenvalue weighted by Gasteiger charge is -2.31. The largest absolute Gasteiger partial charge is 0.466 e. The van der Waals surface area contributed by atoms with E-state index in [0.717, 1.165) is 49.6 Å². The van der Waals surface area contributed by atoms with E-state index in [-0.39, 0.29) is 11.9 Å². The third-order valence-corrected chi connectivity index (χ3v) is 4.53. The van der Waals surface area contributed by atoms with Crippen molar-refractivity contribution in [2.45, 2.75) is 40.2 Å². The number of aromatic nitrogens is 3. The third-order valence-electron chi connectivity index (χ3n) is 4.53. The summed E-state index contributed by atoms with van der Waals surface area (Å²) < 4.78 is 7.23. The summed E-state index contributed by atoms with van der Waals surface area (Å²) in [6, 6.07) is 6.08.